The van der Waals surface area contributed by atoms with Crippen molar-refractivity contribution in [1.29, 1.82) is 0 Å². The molecule has 1 aliphatic carbocycles. The molecular weight excluding hydrogens is 246 g/mol. The molecule has 0 unspecified atom stereocenters. The van der Waals surface area contributed by atoms with Gasteiger partial charge in [-0.2, -0.15) is 4.98 Å². The molecule has 1 N–H and O–H groups in total. The number of ether oxygens (including phenoxy) is 1. The monoisotopic (exact) mass is 265 g/mol. The van der Waals surface area contributed by atoms with Crippen molar-refractivity contribution in [1.82, 2.24) is 4.98 Å². The molecule has 0 atom stereocenters. The number of nitro groups is 1. The van der Waals surface area contributed by atoms with Crippen LogP contribution in [0.5, 0.6) is 5.88 Å². The van der Waals surface area contributed by atoms with Gasteiger partial charge in [0.2, 0.25) is 0 Å². The van der Waals surface area contributed by atoms with Crippen LogP contribution in [-0.2, 0) is 0 Å². The van der Waals surface area contributed by atoms with Crippen LogP contribution in [-0.4, -0.2) is 23.1 Å². The fourth-order valence-corrected chi connectivity index (χ4v) is 1.76. The van der Waals surface area contributed by atoms with E-state index in [2.05, 4.69) is 10.3 Å². The van der Waals surface area contributed by atoms with Crippen LogP contribution in [0.1, 0.15) is 32.6 Å². The van der Waals surface area contributed by atoms with E-state index < -0.39 is 4.92 Å². The second-order valence-corrected chi connectivity index (χ2v) is 4.79. The largest absolute Gasteiger partial charge is 0.473 e. The number of nitrogens with one attached hydrogen (secondary N) is 1. The van der Waals surface area contributed by atoms with Gasteiger partial charge in [-0.05, 0) is 24.8 Å². The smallest absolute Gasteiger partial charge is 0.331 e. The maximum absolute atomic E-state index is 10.9. The van der Waals surface area contributed by atoms with E-state index in [1.807, 2.05) is 6.92 Å². The van der Waals surface area contributed by atoms with Crippen molar-refractivity contribution in [2.45, 2.75) is 32.6 Å². The standard InChI is InChI=1S/C13H19N3O3/c1-2-8-14-12-6-5-11(16(17)18)13(15-12)19-9-7-10-3-4-10/h5-6,10H,2-4,7-9H2,1H3,(H,14,15). The summed E-state index contributed by atoms with van der Waals surface area (Å²) in [6.07, 6.45) is 4.41. The first-order valence-corrected chi connectivity index (χ1v) is 6.72. The summed E-state index contributed by atoms with van der Waals surface area (Å²) in [6.45, 7) is 3.33. The molecule has 0 aromatic carbocycles. The zero-order valence-electron chi connectivity index (χ0n) is 11.1. The quantitative estimate of drug-likeness (QED) is 0.577. The molecule has 6 heteroatoms. The lowest BCUT2D eigenvalue weighted by Gasteiger charge is -2.08. The van der Waals surface area contributed by atoms with Crippen LogP contribution in [0.25, 0.3) is 0 Å². The van der Waals surface area contributed by atoms with E-state index in [1.165, 1.54) is 18.9 Å². The van der Waals surface area contributed by atoms with Gasteiger partial charge < -0.3 is 10.1 Å². The van der Waals surface area contributed by atoms with Crippen LogP contribution in [0.3, 0.4) is 0 Å². The van der Waals surface area contributed by atoms with Gasteiger partial charge in [0.25, 0.3) is 5.88 Å². The zero-order valence-corrected chi connectivity index (χ0v) is 11.1. The second-order valence-electron chi connectivity index (χ2n) is 4.79. The number of aromatic nitrogens is 1. The Morgan fingerprint density at radius 3 is 2.95 bits per heavy atom. The van der Waals surface area contributed by atoms with Gasteiger partial charge in [-0.15, -0.1) is 0 Å². The van der Waals surface area contributed by atoms with E-state index >= 15 is 0 Å². The van der Waals surface area contributed by atoms with Crippen LogP contribution < -0.4 is 10.1 Å². The number of rotatable bonds is 8. The van der Waals surface area contributed by atoms with Crippen LogP contribution in [0.2, 0.25) is 0 Å². The number of pyridine rings is 1. The lowest BCUT2D eigenvalue weighted by atomic mass is 10.3. The molecule has 1 aromatic heterocycles. The van der Waals surface area contributed by atoms with Crippen LogP contribution in [0.15, 0.2) is 12.1 Å². The number of hydrogen-bond donors (Lipinski definition) is 1. The third-order valence-corrected chi connectivity index (χ3v) is 3.05. The minimum atomic E-state index is -0.455. The normalized spacial score (nSPS) is 14.2. The first-order valence-electron chi connectivity index (χ1n) is 6.72. The first-order chi connectivity index (χ1) is 9.20. The van der Waals surface area contributed by atoms with Crippen LogP contribution >= 0.6 is 0 Å². The molecule has 2 rings (SSSR count). The van der Waals surface area contributed by atoms with Gasteiger partial charge in [-0.25, -0.2) is 0 Å². The Morgan fingerprint density at radius 1 is 1.53 bits per heavy atom. The Labute approximate surface area is 112 Å². The van der Waals surface area contributed by atoms with E-state index in [1.54, 1.807) is 6.07 Å². The highest BCUT2D eigenvalue weighted by Crippen LogP contribution is 2.33. The van der Waals surface area contributed by atoms with Crippen LogP contribution in [0.4, 0.5) is 11.5 Å². The third kappa shape index (κ3) is 4.08. The van der Waals surface area contributed by atoms with Gasteiger partial charge in [0.15, 0.2) is 0 Å². The summed E-state index contributed by atoms with van der Waals surface area (Å²) in [5.74, 6) is 1.47. The van der Waals surface area contributed by atoms with Gasteiger partial charge in [-0.1, -0.05) is 19.8 Å². The molecule has 0 spiro atoms. The highest BCUT2D eigenvalue weighted by molar-refractivity contribution is 5.49. The minimum Gasteiger partial charge on any atom is -0.473 e. The Bertz CT molecular complexity index is 447. The van der Waals surface area contributed by atoms with Crippen LogP contribution in [0, 0.1) is 16.0 Å². The molecule has 1 heterocycles. The summed E-state index contributed by atoms with van der Waals surface area (Å²) in [5, 5.41) is 14.0. The summed E-state index contributed by atoms with van der Waals surface area (Å²) in [7, 11) is 0. The molecule has 1 aliphatic rings. The predicted molar refractivity (Wildman–Crippen MR) is 72.5 cm³/mol. The van der Waals surface area contributed by atoms with Crippen molar-refractivity contribution in [2.24, 2.45) is 5.92 Å². The lowest BCUT2D eigenvalue weighted by molar-refractivity contribution is -0.386. The van der Waals surface area contributed by atoms with Crippen molar-refractivity contribution in [3.8, 4) is 5.88 Å². The second kappa shape index (κ2) is 6.36. The highest BCUT2D eigenvalue weighted by Gasteiger charge is 2.22. The molecule has 0 amide bonds. The first kappa shape index (κ1) is 13.6. The van der Waals surface area contributed by atoms with E-state index in [0.29, 0.717) is 12.4 Å². The Kier molecular flexibility index (Phi) is 4.54. The third-order valence-electron chi connectivity index (χ3n) is 3.05. The van der Waals surface area contributed by atoms with Crippen molar-refractivity contribution >= 4 is 11.5 Å². The van der Waals surface area contributed by atoms with E-state index in [-0.39, 0.29) is 11.6 Å². The molecule has 1 fully saturated rings. The van der Waals surface area contributed by atoms with Crippen molar-refractivity contribution < 1.29 is 9.66 Å². The van der Waals surface area contributed by atoms with Gasteiger partial charge in [-0.3, -0.25) is 10.1 Å². The zero-order chi connectivity index (χ0) is 13.7. The molecule has 1 aromatic rings. The van der Waals surface area contributed by atoms with Gasteiger partial charge in [0, 0.05) is 12.6 Å². The Hall–Kier alpha value is -1.85. The topological polar surface area (TPSA) is 77.3 Å². The van der Waals surface area contributed by atoms with E-state index in [0.717, 1.165) is 25.3 Å². The number of anilines is 1. The molecular formula is C13H19N3O3. The highest BCUT2D eigenvalue weighted by atomic mass is 16.6. The van der Waals surface area contributed by atoms with Gasteiger partial charge >= 0.3 is 5.69 Å². The molecule has 19 heavy (non-hydrogen) atoms. The molecule has 1 saturated carbocycles. The number of hydrogen-bond acceptors (Lipinski definition) is 5. The maximum Gasteiger partial charge on any atom is 0.331 e. The summed E-state index contributed by atoms with van der Waals surface area (Å²) in [5.41, 5.74) is -0.0714. The molecule has 104 valence electrons. The average Bonchev–Trinajstić information content (AvgIpc) is 3.20. The molecule has 0 bridgehead atoms. The van der Waals surface area contributed by atoms with E-state index in [9.17, 15) is 10.1 Å². The van der Waals surface area contributed by atoms with Gasteiger partial charge in [0.1, 0.15) is 5.82 Å². The summed E-state index contributed by atoms with van der Waals surface area (Å²) in [4.78, 5) is 14.6. The fourth-order valence-electron chi connectivity index (χ4n) is 1.76. The molecule has 0 aliphatic heterocycles. The molecule has 6 nitrogen and oxygen atoms in total. The van der Waals surface area contributed by atoms with E-state index in [4.69, 9.17) is 4.74 Å². The van der Waals surface area contributed by atoms with Crippen molar-refractivity contribution in [3.63, 3.8) is 0 Å². The maximum atomic E-state index is 10.9. The van der Waals surface area contributed by atoms with Crippen molar-refractivity contribution in [3.05, 3.63) is 22.2 Å². The SMILES string of the molecule is CCCNc1ccc([N+](=O)[O-])c(OCCC2CC2)n1. The number of nitrogens with zero attached hydrogens (tertiary/aromatic N) is 2. The summed E-state index contributed by atoms with van der Waals surface area (Å²) in [6, 6.07) is 3.05. The predicted octanol–water partition coefficient (Wildman–Crippen LogP) is 2.99. The van der Waals surface area contributed by atoms with Gasteiger partial charge in [0.05, 0.1) is 11.5 Å². The average molecular weight is 265 g/mol. The fraction of sp³-hybridized carbons (Fsp3) is 0.615. The summed E-state index contributed by atoms with van der Waals surface area (Å²) < 4.78 is 5.48. The lowest BCUT2D eigenvalue weighted by Crippen LogP contribution is -2.07. The Morgan fingerprint density at radius 2 is 2.32 bits per heavy atom. The summed E-state index contributed by atoms with van der Waals surface area (Å²) >= 11 is 0. The Balaban J connectivity index is 2.02. The molecule has 0 saturated heterocycles. The molecule has 0 radical (unpaired) electrons. The minimum absolute atomic E-state index is 0.0714. The van der Waals surface area contributed by atoms with Crippen molar-refractivity contribution in [2.75, 3.05) is 18.5 Å².